The average Bonchev–Trinajstić information content (AvgIpc) is 2.90. The maximum Gasteiger partial charge on any atom is 0.118 e. The van der Waals surface area contributed by atoms with E-state index in [9.17, 15) is 0 Å². The van der Waals surface area contributed by atoms with Crippen molar-refractivity contribution >= 4 is 0 Å². The lowest BCUT2D eigenvalue weighted by molar-refractivity contribution is 0.239. The average molecular weight is 295 g/mol. The minimum Gasteiger partial charge on any atom is -0.497 e. The Morgan fingerprint density at radius 2 is 1.86 bits per heavy atom. The van der Waals surface area contributed by atoms with E-state index in [-0.39, 0.29) is 5.41 Å². The highest BCUT2D eigenvalue weighted by Gasteiger charge is 2.43. The lowest BCUT2D eigenvalue weighted by Crippen LogP contribution is -2.37. The monoisotopic (exact) mass is 295 g/mol. The number of piperidine rings is 1. The van der Waals surface area contributed by atoms with Gasteiger partial charge < -0.3 is 9.64 Å². The summed E-state index contributed by atoms with van der Waals surface area (Å²) in [6.07, 6.45) is 3.76. The van der Waals surface area contributed by atoms with Gasteiger partial charge in [-0.05, 0) is 68.8 Å². The molecule has 1 aromatic carbocycles. The Hall–Kier alpha value is -1.94. The standard InChI is InChI=1S/C18H21N3O/c1-22-15-5-3-14(4-6-15)16-7-8-17(20-19-16)18-9-2-11-21(13-18)12-10-18/h3-8H,2,9-13H2,1H3/t18-/m1/s1. The molecule has 2 aliphatic heterocycles. The Kier molecular flexibility index (Phi) is 3.34. The number of fused-ring (bicyclic) bond motifs is 2. The number of aromatic nitrogens is 2. The Morgan fingerprint density at radius 3 is 2.59 bits per heavy atom. The van der Waals surface area contributed by atoms with Crippen LogP contribution in [0.25, 0.3) is 11.3 Å². The van der Waals surface area contributed by atoms with Gasteiger partial charge in [-0.1, -0.05) is 0 Å². The molecule has 22 heavy (non-hydrogen) atoms. The molecule has 1 aromatic heterocycles. The first kappa shape index (κ1) is 13.7. The maximum absolute atomic E-state index is 5.20. The van der Waals surface area contributed by atoms with Gasteiger partial charge >= 0.3 is 0 Å². The highest BCUT2D eigenvalue weighted by atomic mass is 16.5. The molecule has 3 heterocycles. The van der Waals surface area contributed by atoms with Crippen LogP contribution in [0.1, 0.15) is 25.0 Å². The lowest BCUT2D eigenvalue weighted by atomic mass is 9.78. The van der Waals surface area contributed by atoms with Crippen molar-refractivity contribution in [2.75, 3.05) is 26.7 Å². The first-order valence-electron chi connectivity index (χ1n) is 8.00. The fraction of sp³-hybridized carbons (Fsp3) is 0.444. The maximum atomic E-state index is 5.20. The largest absolute Gasteiger partial charge is 0.497 e. The first-order chi connectivity index (χ1) is 10.8. The van der Waals surface area contributed by atoms with Gasteiger partial charge in [0.2, 0.25) is 0 Å². The van der Waals surface area contributed by atoms with Crippen LogP contribution >= 0.6 is 0 Å². The minimum absolute atomic E-state index is 0.254. The summed E-state index contributed by atoms with van der Waals surface area (Å²) in [5, 5.41) is 9.06. The van der Waals surface area contributed by atoms with Crippen LogP contribution in [0.4, 0.5) is 0 Å². The molecule has 0 radical (unpaired) electrons. The second-order valence-corrected chi connectivity index (χ2v) is 6.44. The Bertz CT molecular complexity index is 649. The molecule has 2 bridgehead atoms. The van der Waals surface area contributed by atoms with E-state index in [0.717, 1.165) is 23.6 Å². The van der Waals surface area contributed by atoms with Gasteiger partial charge in [0, 0.05) is 17.5 Å². The van der Waals surface area contributed by atoms with Crippen molar-refractivity contribution in [1.29, 1.82) is 0 Å². The SMILES string of the molecule is COc1ccc(-c2ccc([C@]34CCCN(CC3)C4)nn2)cc1. The van der Waals surface area contributed by atoms with Gasteiger partial charge in [-0.2, -0.15) is 10.2 Å². The summed E-state index contributed by atoms with van der Waals surface area (Å²) in [6.45, 7) is 3.62. The van der Waals surface area contributed by atoms with E-state index in [2.05, 4.69) is 27.2 Å². The molecule has 4 nitrogen and oxygen atoms in total. The molecule has 0 saturated carbocycles. The first-order valence-corrected chi connectivity index (χ1v) is 8.00. The number of ether oxygens (including phenoxy) is 1. The van der Waals surface area contributed by atoms with Crippen molar-refractivity contribution < 1.29 is 4.74 Å². The minimum atomic E-state index is 0.254. The number of benzene rings is 1. The van der Waals surface area contributed by atoms with E-state index >= 15 is 0 Å². The molecular weight excluding hydrogens is 274 g/mol. The number of hydrogen-bond donors (Lipinski definition) is 0. The molecule has 2 saturated heterocycles. The third-order valence-electron chi connectivity index (χ3n) is 5.16. The molecule has 4 heteroatoms. The number of methoxy groups -OCH3 is 1. The quantitative estimate of drug-likeness (QED) is 0.872. The summed E-state index contributed by atoms with van der Waals surface area (Å²) in [4.78, 5) is 2.56. The molecule has 1 unspecified atom stereocenters. The van der Waals surface area contributed by atoms with E-state index in [1.165, 1.54) is 38.0 Å². The summed E-state index contributed by atoms with van der Waals surface area (Å²) in [5.74, 6) is 0.862. The van der Waals surface area contributed by atoms with E-state index in [4.69, 9.17) is 4.74 Å². The molecule has 2 aliphatic rings. The summed E-state index contributed by atoms with van der Waals surface area (Å²) < 4.78 is 5.20. The zero-order valence-electron chi connectivity index (χ0n) is 13.0. The van der Waals surface area contributed by atoms with Crippen LogP contribution in [-0.4, -0.2) is 41.8 Å². The summed E-state index contributed by atoms with van der Waals surface area (Å²) in [6, 6.07) is 12.3. The third-order valence-corrected chi connectivity index (χ3v) is 5.16. The number of nitrogens with zero attached hydrogens (tertiary/aromatic N) is 3. The van der Waals surface area contributed by atoms with E-state index in [1.807, 2.05) is 24.3 Å². The zero-order chi connectivity index (χ0) is 15.0. The van der Waals surface area contributed by atoms with Crippen LogP contribution in [0.15, 0.2) is 36.4 Å². The second-order valence-electron chi connectivity index (χ2n) is 6.44. The van der Waals surface area contributed by atoms with Crippen LogP contribution in [0.3, 0.4) is 0 Å². The van der Waals surface area contributed by atoms with Crippen LogP contribution in [0.5, 0.6) is 5.75 Å². The van der Waals surface area contributed by atoms with Crippen molar-refractivity contribution in [2.24, 2.45) is 0 Å². The van der Waals surface area contributed by atoms with Gasteiger partial charge in [0.25, 0.3) is 0 Å². The predicted molar refractivity (Wildman–Crippen MR) is 86.0 cm³/mol. The fourth-order valence-corrected chi connectivity index (χ4v) is 3.86. The Labute approximate surface area is 131 Å². The topological polar surface area (TPSA) is 38.2 Å². The van der Waals surface area contributed by atoms with Gasteiger partial charge in [0.15, 0.2) is 0 Å². The highest BCUT2D eigenvalue weighted by molar-refractivity contribution is 5.59. The number of hydrogen-bond acceptors (Lipinski definition) is 4. The van der Waals surface area contributed by atoms with Crippen molar-refractivity contribution in [3.8, 4) is 17.0 Å². The molecule has 2 aromatic rings. The summed E-state index contributed by atoms with van der Waals surface area (Å²) in [5.41, 5.74) is 3.43. The molecular formula is C18H21N3O. The predicted octanol–water partition coefficient (Wildman–Crippen LogP) is 2.89. The van der Waals surface area contributed by atoms with Gasteiger partial charge in [0.1, 0.15) is 5.75 Å². The van der Waals surface area contributed by atoms with Gasteiger partial charge in [-0.3, -0.25) is 0 Å². The fourth-order valence-electron chi connectivity index (χ4n) is 3.86. The van der Waals surface area contributed by atoms with Gasteiger partial charge in [-0.25, -0.2) is 0 Å². The highest BCUT2D eigenvalue weighted by Crippen LogP contribution is 2.41. The molecule has 114 valence electrons. The molecule has 0 amide bonds. The van der Waals surface area contributed by atoms with Crippen LogP contribution in [-0.2, 0) is 5.41 Å². The lowest BCUT2D eigenvalue weighted by Gasteiger charge is -2.33. The number of rotatable bonds is 3. The van der Waals surface area contributed by atoms with Crippen LogP contribution < -0.4 is 4.74 Å². The summed E-state index contributed by atoms with van der Waals surface area (Å²) >= 11 is 0. The molecule has 2 fully saturated rings. The third kappa shape index (κ3) is 2.28. The van der Waals surface area contributed by atoms with Crippen molar-refractivity contribution in [2.45, 2.75) is 24.7 Å². The van der Waals surface area contributed by atoms with E-state index in [1.54, 1.807) is 7.11 Å². The molecule has 0 N–H and O–H groups in total. The molecule has 4 rings (SSSR count). The second kappa shape index (κ2) is 5.36. The van der Waals surface area contributed by atoms with Gasteiger partial charge in [-0.15, -0.1) is 0 Å². The van der Waals surface area contributed by atoms with E-state index < -0.39 is 0 Å². The van der Waals surface area contributed by atoms with Crippen molar-refractivity contribution in [3.05, 3.63) is 42.1 Å². The summed E-state index contributed by atoms with van der Waals surface area (Å²) in [7, 11) is 1.68. The van der Waals surface area contributed by atoms with Crippen LogP contribution in [0.2, 0.25) is 0 Å². The normalized spacial score (nSPS) is 26.9. The molecule has 0 aliphatic carbocycles. The van der Waals surface area contributed by atoms with Gasteiger partial charge in [0.05, 0.1) is 18.5 Å². The molecule has 2 atom stereocenters. The Morgan fingerprint density at radius 1 is 1.00 bits per heavy atom. The Balaban J connectivity index is 1.60. The van der Waals surface area contributed by atoms with E-state index in [0.29, 0.717) is 0 Å². The zero-order valence-corrected chi connectivity index (χ0v) is 13.0. The van der Waals surface area contributed by atoms with Crippen LogP contribution in [0, 0.1) is 0 Å². The van der Waals surface area contributed by atoms with Crippen molar-refractivity contribution in [1.82, 2.24) is 15.1 Å². The molecule has 0 spiro atoms. The smallest absolute Gasteiger partial charge is 0.118 e. The van der Waals surface area contributed by atoms with Crippen molar-refractivity contribution in [3.63, 3.8) is 0 Å².